The first kappa shape index (κ1) is 22.5. The fourth-order valence-electron chi connectivity index (χ4n) is 2.63. The van der Waals surface area contributed by atoms with Crippen LogP contribution in [0.1, 0.15) is 6.42 Å². The maximum absolute atomic E-state index is 12.2. The second-order valence-corrected chi connectivity index (χ2v) is 9.27. The van der Waals surface area contributed by atoms with Crippen LogP contribution >= 0.6 is 34.8 Å². The normalized spacial score (nSPS) is 15.6. The van der Waals surface area contributed by atoms with Crippen molar-refractivity contribution in [2.24, 2.45) is 0 Å². The molecule has 1 amide bonds. The summed E-state index contributed by atoms with van der Waals surface area (Å²) in [5, 5.41) is 3.18. The summed E-state index contributed by atoms with van der Waals surface area (Å²) in [5.41, 5.74) is 0.108. The molecule has 0 unspecified atom stereocenters. The van der Waals surface area contributed by atoms with E-state index >= 15 is 0 Å². The van der Waals surface area contributed by atoms with Gasteiger partial charge in [-0.25, -0.2) is 8.42 Å². The van der Waals surface area contributed by atoms with Gasteiger partial charge in [0.25, 0.3) is 0 Å². The van der Waals surface area contributed by atoms with Crippen LogP contribution in [0.15, 0.2) is 12.1 Å². The van der Waals surface area contributed by atoms with Crippen molar-refractivity contribution in [3.63, 3.8) is 0 Å². The lowest BCUT2D eigenvalue weighted by Gasteiger charge is -2.26. The number of amides is 1. The number of nitrogens with zero attached hydrogens (tertiary/aromatic N) is 2. The van der Waals surface area contributed by atoms with Crippen molar-refractivity contribution in [2.75, 3.05) is 56.5 Å². The summed E-state index contributed by atoms with van der Waals surface area (Å²) in [6.45, 7) is 4.10. The van der Waals surface area contributed by atoms with Crippen LogP contribution in [0, 0.1) is 0 Å². The van der Waals surface area contributed by atoms with Gasteiger partial charge < -0.3 is 10.1 Å². The van der Waals surface area contributed by atoms with Crippen LogP contribution < -0.4 is 9.62 Å². The van der Waals surface area contributed by atoms with E-state index in [2.05, 4.69) is 10.2 Å². The predicted molar refractivity (Wildman–Crippen MR) is 109 cm³/mol. The van der Waals surface area contributed by atoms with Crippen molar-refractivity contribution in [2.45, 2.75) is 6.42 Å². The molecule has 11 heteroatoms. The Bertz CT molecular complexity index is 770. The van der Waals surface area contributed by atoms with Crippen molar-refractivity contribution in [1.29, 1.82) is 0 Å². The first-order valence-corrected chi connectivity index (χ1v) is 11.4. The Morgan fingerprint density at radius 1 is 1.19 bits per heavy atom. The van der Waals surface area contributed by atoms with Crippen LogP contribution in [-0.2, 0) is 19.6 Å². The Hall–Kier alpha value is -0.770. The second-order valence-electron chi connectivity index (χ2n) is 6.14. The second kappa shape index (κ2) is 10.1. The largest absolute Gasteiger partial charge is 0.379 e. The summed E-state index contributed by atoms with van der Waals surface area (Å²) < 4.78 is 30.5. The first-order chi connectivity index (χ1) is 12.7. The van der Waals surface area contributed by atoms with Crippen molar-refractivity contribution in [3.8, 4) is 0 Å². The van der Waals surface area contributed by atoms with Crippen LogP contribution in [0.2, 0.25) is 15.1 Å². The quantitative estimate of drug-likeness (QED) is 0.477. The molecule has 152 valence electrons. The van der Waals surface area contributed by atoms with E-state index in [9.17, 15) is 13.2 Å². The van der Waals surface area contributed by atoms with Crippen molar-refractivity contribution in [3.05, 3.63) is 27.2 Å². The lowest BCUT2D eigenvalue weighted by atomic mass is 10.3. The van der Waals surface area contributed by atoms with Crippen LogP contribution in [-0.4, -0.2) is 71.4 Å². The molecule has 0 spiro atoms. The van der Waals surface area contributed by atoms with E-state index in [-0.39, 0.29) is 20.8 Å². The van der Waals surface area contributed by atoms with Gasteiger partial charge in [0.15, 0.2) is 0 Å². The fourth-order valence-corrected chi connectivity index (χ4v) is 4.18. The van der Waals surface area contributed by atoms with E-state index in [4.69, 9.17) is 39.5 Å². The van der Waals surface area contributed by atoms with E-state index in [1.165, 1.54) is 12.1 Å². The van der Waals surface area contributed by atoms with Crippen LogP contribution in [0.25, 0.3) is 0 Å². The monoisotopic (exact) mass is 457 g/mol. The van der Waals surface area contributed by atoms with Gasteiger partial charge in [-0.1, -0.05) is 34.8 Å². The third-order valence-corrected chi connectivity index (χ3v) is 6.17. The Balaban J connectivity index is 1.94. The maximum Gasteiger partial charge on any atom is 0.240 e. The number of rotatable bonds is 8. The smallest absolute Gasteiger partial charge is 0.240 e. The molecular formula is C16H22Cl3N3O4S. The number of carbonyl (C=O) groups is 1. The van der Waals surface area contributed by atoms with E-state index in [1.54, 1.807) is 0 Å². The molecule has 0 saturated carbocycles. The lowest BCUT2D eigenvalue weighted by Crippen LogP contribution is -2.42. The third kappa shape index (κ3) is 6.96. The van der Waals surface area contributed by atoms with Gasteiger partial charge in [0, 0.05) is 19.6 Å². The zero-order chi connectivity index (χ0) is 20.0. The van der Waals surface area contributed by atoms with Gasteiger partial charge in [-0.15, -0.1) is 0 Å². The molecule has 1 N–H and O–H groups in total. The van der Waals surface area contributed by atoms with Crippen LogP contribution in [0.5, 0.6) is 0 Å². The zero-order valence-corrected chi connectivity index (χ0v) is 18.0. The van der Waals surface area contributed by atoms with Crippen molar-refractivity contribution >= 4 is 56.4 Å². The molecule has 0 bridgehead atoms. The number of hydrogen-bond donors (Lipinski definition) is 1. The summed E-state index contributed by atoms with van der Waals surface area (Å²) in [6, 6.07) is 2.68. The predicted octanol–water partition coefficient (Wildman–Crippen LogP) is 2.25. The number of hydrogen-bond acceptors (Lipinski definition) is 5. The molecule has 1 aliphatic rings. The molecule has 1 aromatic rings. The van der Waals surface area contributed by atoms with Crippen molar-refractivity contribution < 1.29 is 17.9 Å². The SMILES string of the molecule is CS(=O)(=O)N(CC(=O)NCCCN1CCOCC1)c1cc(Cl)c(Cl)cc1Cl. The number of anilines is 1. The standard InChI is InChI=1S/C16H22Cl3N3O4S/c1-27(24,25)22(15-10-13(18)12(17)9-14(15)19)11-16(23)20-3-2-4-21-5-7-26-8-6-21/h9-10H,2-8,11H2,1H3,(H,20,23). The van der Waals surface area contributed by atoms with Gasteiger partial charge in [0.1, 0.15) is 6.54 Å². The number of carbonyl (C=O) groups excluding carboxylic acids is 1. The Morgan fingerprint density at radius 2 is 1.81 bits per heavy atom. The zero-order valence-electron chi connectivity index (χ0n) is 14.9. The molecule has 7 nitrogen and oxygen atoms in total. The highest BCUT2D eigenvalue weighted by Crippen LogP contribution is 2.35. The highest BCUT2D eigenvalue weighted by Gasteiger charge is 2.24. The Morgan fingerprint density at radius 3 is 2.44 bits per heavy atom. The fraction of sp³-hybridized carbons (Fsp3) is 0.562. The van der Waals surface area contributed by atoms with Gasteiger partial charge in [0.2, 0.25) is 15.9 Å². The molecule has 0 aliphatic carbocycles. The van der Waals surface area contributed by atoms with Gasteiger partial charge in [0.05, 0.1) is 40.2 Å². The molecular weight excluding hydrogens is 437 g/mol. The lowest BCUT2D eigenvalue weighted by molar-refractivity contribution is -0.119. The number of halogens is 3. The topological polar surface area (TPSA) is 79.0 Å². The van der Waals surface area contributed by atoms with Gasteiger partial charge in [-0.05, 0) is 25.1 Å². The van der Waals surface area contributed by atoms with Crippen LogP contribution in [0.3, 0.4) is 0 Å². The molecule has 2 rings (SSSR count). The molecule has 0 aromatic heterocycles. The summed E-state index contributed by atoms with van der Waals surface area (Å²) in [7, 11) is -3.75. The average molecular weight is 459 g/mol. The number of nitrogens with one attached hydrogen (secondary N) is 1. The number of sulfonamides is 1. The van der Waals surface area contributed by atoms with Gasteiger partial charge >= 0.3 is 0 Å². The maximum atomic E-state index is 12.2. The molecule has 1 aliphatic heterocycles. The van der Waals surface area contributed by atoms with Crippen LogP contribution in [0.4, 0.5) is 5.69 Å². The first-order valence-electron chi connectivity index (χ1n) is 8.37. The average Bonchev–Trinajstić information content (AvgIpc) is 2.60. The number of benzene rings is 1. The summed E-state index contributed by atoms with van der Waals surface area (Å²) in [6.07, 6.45) is 1.76. The molecule has 1 saturated heterocycles. The molecule has 1 heterocycles. The molecule has 1 fully saturated rings. The Kier molecular flexibility index (Phi) is 8.45. The number of ether oxygens (including phenoxy) is 1. The summed E-state index contributed by atoms with van der Waals surface area (Å²) in [5.74, 6) is -0.426. The molecule has 0 radical (unpaired) electrons. The highest BCUT2D eigenvalue weighted by molar-refractivity contribution is 7.92. The molecule has 0 atom stereocenters. The van der Waals surface area contributed by atoms with E-state index in [1.807, 2.05) is 0 Å². The minimum Gasteiger partial charge on any atom is -0.379 e. The number of morpholine rings is 1. The minimum atomic E-state index is -3.75. The van der Waals surface area contributed by atoms with E-state index < -0.39 is 22.5 Å². The molecule has 27 heavy (non-hydrogen) atoms. The third-order valence-electron chi connectivity index (χ3n) is 4.02. The summed E-state index contributed by atoms with van der Waals surface area (Å²) in [4.78, 5) is 14.5. The summed E-state index contributed by atoms with van der Waals surface area (Å²) >= 11 is 18.0. The van der Waals surface area contributed by atoms with E-state index in [0.717, 1.165) is 49.8 Å². The van der Waals surface area contributed by atoms with Crippen molar-refractivity contribution in [1.82, 2.24) is 10.2 Å². The minimum absolute atomic E-state index is 0.0925. The van der Waals surface area contributed by atoms with Gasteiger partial charge in [-0.2, -0.15) is 0 Å². The Labute approximate surface area is 174 Å². The highest BCUT2D eigenvalue weighted by atomic mass is 35.5. The van der Waals surface area contributed by atoms with E-state index in [0.29, 0.717) is 6.54 Å². The molecule has 1 aromatic carbocycles. The van der Waals surface area contributed by atoms with Gasteiger partial charge in [-0.3, -0.25) is 14.0 Å².